The van der Waals surface area contributed by atoms with E-state index in [1.807, 2.05) is 0 Å². The molecule has 0 nitrogen and oxygen atoms in total. The molecule has 0 spiro atoms. The summed E-state index contributed by atoms with van der Waals surface area (Å²) in [5.41, 5.74) is 0. The highest BCUT2D eigenvalue weighted by atomic mass is 79.9. The van der Waals surface area contributed by atoms with Crippen molar-refractivity contribution in [3.05, 3.63) is 11.7 Å². The van der Waals surface area contributed by atoms with Crippen LogP contribution in [0, 0.1) is 0 Å². The molecule has 0 amide bonds. The summed E-state index contributed by atoms with van der Waals surface area (Å²) < 4.78 is 22.2. The second-order valence-electron chi connectivity index (χ2n) is 1.20. The lowest BCUT2D eigenvalue weighted by atomic mass is 10.8. The van der Waals surface area contributed by atoms with Crippen LogP contribution in [0.3, 0.4) is 0 Å². The molecule has 0 fully saturated rings. The molecule has 0 saturated carbocycles. The fourth-order valence-corrected chi connectivity index (χ4v) is 0.682. The molecule has 0 heterocycles. The van der Waals surface area contributed by atoms with E-state index in [9.17, 15) is 8.78 Å². The predicted molar refractivity (Wildman–Crippen MR) is 29.8 cm³/mol. The van der Waals surface area contributed by atoms with E-state index < -0.39 is 14.9 Å². The summed E-state index contributed by atoms with van der Waals surface area (Å²) >= 11 is 5.42. The lowest BCUT2D eigenvalue weighted by Crippen LogP contribution is -1.84. The van der Waals surface area contributed by atoms with Crippen molar-refractivity contribution in [2.75, 3.05) is 0 Å². The molecule has 0 unspecified atom stereocenters. The van der Waals surface area contributed by atoms with Gasteiger partial charge in [-0.15, -0.1) is 0 Å². The molecule has 7 heavy (non-hydrogen) atoms. The van der Waals surface area contributed by atoms with Crippen LogP contribution in [-0.4, -0.2) is 3.23 Å². The van der Waals surface area contributed by atoms with E-state index >= 15 is 0 Å². The first-order valence-corrected chi connectivity index (χ1v) is 3.09. The number of hydrogen-bond donors (Lipinski definition) is 0. The minimum atomic E-state index is -1.21. The van der Waals surface area contributed by atoms with Crippen molar-refractivity contribution in [1.29, 1.82) is 0 Å². The van der Waals surface area contributed by atoms with Crippen molar-refractivity contribution < 1.29 is 8.78 Å². The Balaban J connectivity index is 2.69. The Kier molecular flexibility index (Phi) is 1.05. The number of rotatable bonds is 0. The second-order valence-corrected chi connectivity index (χ2v) is 4.65. The fraction of sp³-hybridized carbons (Fsp3) is 0.333. The minimum absolute atomic E-state index is 0.757. The van der Waals surface area contributed by atoms with E-state index in [1.54, 1.807) is 0 Å². The topological polar surface area (TPSA) is 0 Å². The molecule has 4 heteroatoms. The van der Waals surface area contributed by atoms with Gasteiger partial charge >= 0.3 is 0 Å². The van der Waals surface area contributed by atoms with Crippen LogP contribution < -0.4 is 0 Å². The first kappa shape index (κ1) is 5.69. The Hall–Kier alpha value is 0.560. The average molecular weight is 234 g/mol. The standard InChI is InChI=1S/C3Br2F2/c4-3(5)1(6)2(3)7. The first-order valence-electron chi connectivity index (χ1n) is 1.51. The van der Waals surface area contributed by atoms with Crippen molar-refractivity contribution in [2.45, 2.75) is 3.23 Å². The van der Waals surface area contributed by atoms with Crippen LogP contribution in [0.15, 0.2) is 11.7 Å². The molecule has 0 aliphatic heterocycles. The van der Waals surface area contributed by atoms with Gasteiger partial charge in [-0.25, -0.2) is 8.78 Å². The largest absolute Gasteiger partial charge is 0.206 e. The molecule has 1 rings (SSSR count). The number of alkyl halides is 2. The van der Waals surface area contributed by atoms with Gasteiger partial charge in [-0.1, -0.05) is 31.9 Å². The highest BCUT2D eigenvalue weighted by molar-refractivity contribution is 9.26. The van der Waals surface area contributed by atoms with Gasteiger partial charge in [0.15, 0.2) is 14.9 Å². The van der Waals surface area contributed by atoms with Crippen molar-refractivity contribution in [3.63, 3.8) is 0 Å². The molecule has 0 radical (unpaired) electrons. The normalized spacial score (nSPS) is 25.7. The Labute approximate surface area is 55.8 Å². The smallest absolute Gasteiger partial charge is 0.188 e. The van der Waals surface area contributed by atoms with Crippen molar-refractivity contribution in [2.24, 2.45) is 0 Å². The van der Waals surface area contributed by atoms with E-state index in [-0.39, 0.29) is 0 Å². The monoisotopic (exact) mass is 232 g/mol. The maximum atomic E-state index is 11.7. The summed E-state index contributed by atoms with van der Waals surface area (Å²) in [6.45, 7) is 0. The average Bonchev–Trinajstić information content (AvgIpc) is 1.91. The maximum absolute atomic E-state index is 11.7. The number of allylic oxidation sites excluding steroid dienone is 2. The van der Waals surface area contributed by atoms with Crippen LogP contribution in [0.2, 0.25) is 0 Å². The maximum Gasteiger partial charge on any atom is 0.188 e. The van der Waals surface area contributed by atoms with E-state index in [4.69, 9.17) is 0 Å². The summed E-state index contributed by atoms with van der Waals surface area (Å²) in [7, 11) is 0. The molecular weight excluding hydrogens is 234 g/mol. The Morgan fingerprint density at radius 1 is 1.14 bits per heavy atom. The van der Waals surface area contributed by atoms with Gasteiger partial charge < -0.3 is 0 Å². The second kappa shape index (κ2) is 1.29. The summed E-state index contributed by atoms with van der Waals surface area (Å²) in [4.78, 5) is 0. The molecule has 0 saturated heterocycles. The molecule has 0 aromatic rings. The van der Waals surface area contributed by atoms with Crippen LogP contribution in [0.25, 0.3) is 0 Å². The van der Waals surface area contributed by atoms with Crippen molar-refractivity contribution in [1.82, 2.24) is 0 Å². The zero-order valence-electron chi connectivity index (χ0n) is 3.01. The SMILES string of the molecule is FC1=C(F)C1(Br)Br. The third kappa shape index (κ3) is 0.643. The first-order chi connectivity index (χ1) is 3.07. The Bertz CT molecular complexity index is 124. The van der Waals surface area contributed by atoms with E-state index in [1.165, 1.54) is 0 Å². The van der Waals surface area contributed by atoms with Gasteiger partial charge in [0.1, 0.15) is 0 Å². The van der Waals surface area contributed by atoms with Gasteiger partial charge in [0, 0.05) is 0 Å². The summed E-state index contributed by atoms with van der Waals surface area (Å²) in [6, 6.07) is 0. The van der Waals surface area contributed by atoms with Gasteiger partial charge in [0.2, 0.25) is 0 Å². The molecule has 0 N–H and O–H groups in total. The highest BCUT2D eigenvalue weighted by Crippen LogP contribution is 2.57. The van der Waals surface area contributed by atoms with E-state index in [0.29, 0.717) is 0 Å². The van der Waals surface area contributed by atoms with E-state index in [2.05, 4.69) is 31.9 Å². The molecular formula is C3Br2F2. The van der Waals surface area contributed by atoms with Gasteiger partial charge in [-0.05, 0) is 0 Å². The van der Waals surface area contributed by atoms with Crippen LogP contribution in [-0.2, 0) is 0 Å². The zero-order valence-corrected chi connectivity index (χ0v) is 6.18. The molecule has 40 valence electrons. The predicted octanol–water partition coefficient (Wildman–Crippen LogP) is 2.64. The van der Waals surface area contributed by atoms with Gasteiger partial charge in [-0.3, -0.25) is 0 Å². The summed E-state index contributed by atoms with van der Waals surface area (Å²) in [5, 5.41) is 0. The summed E-state index contributed by atoms with van der Waals surface area (Å²) in [6.07, 6.45) is 0. The number of hydrogen-bond acceptors (Lipinski definition) is 0. The van der Waals surface area contributed by atoms with Crippen LogP contribution >= 0.6 is 31.9 Å². The molecule has 0 atom stereocenters. The van der Waals surface area contributed by atoms with Crippen molar-refractivity contribution in [3.8, 4) is 0 Å². The van der Waals surface area contributed by atoms with Crippen LogP contribution in [0.5, 0.6) is 0 Å². The molecule has 0 aromatic carbocycles. The molecule has 0 aromatic heterocycles. The molecule has 0 bridgehead atoms. The lowest BCUT2D eigenvalue weighted by molar-refractivity contribution is 0.645. The van der Waals surface area contributed by atoms with E-state index in [0.717, 1.165) is 0 Å². The minimum Gasteiger partial charge on any atom is -0.206 e. The third-order valence-electron chi connectivity index (χ3n) is 0.682. The van der Waals surface area contributed by atoms with Crippen LogP contribution in [0.1, 0.15) is 0 Å². The van der Waals surface area contributed by atoms with Gasteiger partial charge in [-0.2, -0.15) is 0 Å². The fourth-order valence-electron chi connectivity index (χ4n) is 0.184. The molecule has 1 aliphatic carbocycles. The Morgan fingerprint density at radius 2 is 1.29 bits per heavy atom. The van der Waals surface area contributed by atoms with Gasteiger partial charge in [0.05, 0.1) is 0 Å². The zero-order chi connectivity index (χ0) is 5.65. The Morgan fingerprint density at radius 3 is 1.29 bits per heavy atom. The van der Waals surface area contributed by atoms with Crippen molar-refractivity contribution >= 4 is 31.9 Å². The van der Waals surface area contributed by atoms with Crippen LogP contribution in [0.4, 0.5) is 8.78 Å². The lowest BCUT2D eigenvalue weighted by Gasteiger charge is -1.86. The number of halogens is 4. The third-order valence-corrected chi connectivity index (χ3v) is 2.07. The molecule has 1 aliphatic rings. The quantitative estimate of drug-likeness (QED) is 0.565. The highest BCUT2D eigenvalue weighted by Gasteiger charge is 2.53. The van der Waals surface area contributed by atoms with Gasteiger partial charge in [0.25, 0.3) is 0 Å². The summed E-state index contributed by atoms with van der Waals surface area (Å²) in [5.74, 6) is -1.51.